The molecular weight excluding hydrogens is 474 g/mol. The highest BCUT2D eigenvalue weighted by Gasteiger charge is 2.35. The number of nitrogens with zero attached hydrogens (tertiary/aromatic N) is 1. The highest BCUT2D eigenvalue weighted by atomic mass is 16.6. The number of rotatable bonds is 9. The summed E-state index contributed by atoms with van der Waals surface area (Å²) in [6, 6.07) is 12.7. The lowest BCUT2D eigenvalue weighted by Gasteiger charge is -2.33. The molecule has 9 heteroatoms. The number of alkyl carbamates (subject to hydrolysis) is 1. The zero-order valence-corrected chi connectivity index (χ0v) is 22.6. The molecule has 0 aliphatic heterocycles. The van der Waals surface area contributed by atoms with Crippen molar-refractivity contribution in [2.45, 2.75) is 58.7 Å². The quantitative estimate of drug-likeness (QED) is 0.500. The number of carbonyl (C=O) groups excluding carboxylic acids is 4. The maximum absolute atomic E-state index is 13.9. The first-order chi connectivity index (χ1) is 17.3. The smallest absolute Gasteiger partial charge is 0.408 e. The number of aryl methyl sites for hydroxylation is 2. The number of amides is 3. The number of nitrogens with one attached hydrogen (secondary N) is 2. The fraction of sp³-hybridized carbons (Fsp3) is 0.429. The molecule has 2 rings (SSSR count). The maximum atomic E-state index is 13.9. The van der Waals surface area contributed by atoms with Crippen LogP contribution >= 0.6 is 0 Å². The Kier molecular flexibility index (Phi) is 10.2. The van der Waals surface area contributed by atoms with Crippen molar-refractivity contribution in [3.8, 4) is 0 Å². The summed E-state index contributed by atoms with van der Waals surface area (Å²) in [5.41, 5.74) is 2.31. The minimum atomic E-state index is -1.06. The zero-order chi connectivity index (χ0) is 27.8. The van der Waals surface area contributed by atoms with Crippen molar-refractivity contribution < 1.29 is 28.7 Å². The number of esters is 1. The lowest BCUT2D eigenvalue weighted by atomic mass is 9.93. The van der Waals surface area contributed by atoms with Crippen molar-refractivity contribution in [2.75, 3.05) is 20.7 Å². The van der Waals surface area contributed by atoms with Gasteiger partial charge < -0.3 is 25.0 Å². The van der Waals surface area contributed by atoms with Crippen LogP contribution in [0.2, 0.25) is 0 Å². The fourth-order valence-corrected chi connectivity index (χ4v) is 3.96. The van der Waals surface area contributed by atoms with Gasteiger partial charge in [0.15, 0.2) is 0 Å². The fourth-order valence-electron chi connectivity index (χ4n) is 3.96. The maximum Gasteiger partial charge on any atom is 0.408 e. The van der Waals surface area contributed by atoms with Crippen molar-refractivity contribution in [2.24, 2.45) is 0 Å². The Morgan fingerprint density at radius 3 is 2.08 bits per heavy atom. The third-order valence-electron chi connectivity index (χ3n) is 5.71. The molecule has 0 saturated heterocycles. The Morgan fingerprint density at radius 2 is 1.54 bits per heavy atom. The molecule has 0 heterocycles. The van der Waals surface area contributed by atoms with Gasteiger partial charge in [-0.05, 0) is 56.9 Å². The highest BCUT2D eigenvalue weighted by molar-refractivity contribution is 5.93. The predicted octanol–water partition coefficient (Wildman–Crippen LogP) is 3.23. The normalized spacial score (nSPS) is 12.6. The Hall–Kier alpha value is -3.88. The molecule has 0 bridgehead atoms. The van der Waals surface area contributed by atoms with Crippen molar-refractivity contribution in [1.29, 1.82) is 0 Å². The van der Waals surface area contributed by atoms with E-state index in [-0.39, 0.29) is 13.0 Å². The average Bonchev–Trinajstić information content (AvgIpc) is 2.82. The molecule has 2 unspecified atom stereocenters. The Morgan fingerprint density at radius 1 is 0.946 bits per heavy atom. The first kappa shape index (κ1) is 29.4. The molecule has 2 N–H and O–H groups in total. The number of hydrogen-bond donors (Lipinski definition) is 2. The molecule has 200 valence electrons. The van der Waals surface area contributed by atoms with Gasteiger partial charge in [-0.15, -0.1) is 0 Å². The van der Waals surface area contributed by atoms with Crippen molar-refractivity contribution in [1.82, 2.24) is 15.5 Å². The molecule has 37 heavy (non-hydrogen) atoms. The van der Waals surface area contributed by atoms with E-state index in [0.717, 1.165) is 16.7 Å². The molecule has 0 aliphatic carbocycles. The van der Waals surface area contributed by atoms with Crippen LogP contribution in [0.25, 0.3) is 0 Å². The van der Waals surface area contributed by atoms with Crippen LogP contribution in [-0.4, -0.2) is 61.1 Å². The van der Waals surface area contributed by atoms with Crippen molar-refractivity contribution in [3.63, 3.8) is 0 Å². The van der Waals surface area contributed by atoms with E-state index in [1.165, 1.54) is 19.1 Å². The summed E-state index contributed by atoms with van der Waals surface area (Å²) in [5, 5.41) is 5.24. The van der Waals surface area contributed by atoms with Gasteiger partial charge in [-0.25, -0.2) is 4.79 Å². The average molecular weight is 512 g/mol. The summed E-state index contributed by atoms with van der Waals surface area (Å²) in [6.45, 7) is 8.55. The second kappa shape index (κ2) is 12.9. The molecule has 0 spiro atoms. The van der Waals surface area contributed by atoms with Crippen LogP contribution in [0.15, 0.2) is 48.5 Å². The van der Waals surface area contributed by atoms with E-state index in [0.29, 0.717) is 5.56 Å². The monoisotopic (exact) mass is 511 g/mol. The second-order valence-corrected chi connectivity index (χ2v) is 9.84. The largest absolute Gasteiger partial charge is 0.468 e. The predicted molar refractivity (Wildman–Crippen MR) is 140 cm³/mol. The minimum absolute atomic E-state index is 0.187. The zero-order valence-electron chi connectivity index (χ0n) is 22.6. The molecule has 2 atom stereocenters. The van der Waals surface area contributed by atoms with Gasteiger partial charge in [0.05, 0.1) is 7.11 Å². The molecule has 2 aromatic rings. The van der Waals surface area contributed by atoms with Crippen molar-refractivity contribution >= 4 is 23.9 Å². The van der Waals surface area contributed by atoms with Gasteiger partial charge in [-0.3, -0.25) is 14.4 Å². The lowest BCUT2D eigenvalue weighted by Crippen LogP contribution is -2.53. The van der Waals surface area contributed by atoms with E-state index < -0.39 is 41.6 Å². The number of ether oxygens (including phenoxy) is 2. The molecular formula is C28H37N3O6. The van der Waals surface area contributed by atoms with Gasteiger partial charge >= 0.3 is 12.1 Å². The first-order valence-electron chi connectivity index (χ1n) is 12.0. The summed E-state index contributed by atoms with van der Waals surface area (Å²) < 4.78 is 10.0. The van der Waals surface area contributed by atoms with Gasteiger partial charge in [-0.2, -0.15) is 0 Å². The molecule has 0 saturated carbocycles. The molecule has 0 aromatic heterocycles. The SMILES string of the molecule is COC(=O)CNC(=O)C(c1c(C)cccc1C)N(C)C(=O)C(Cc1ccccc1)NC(=O)OC(C)(C)C. The summed E-state index contributed by atoms with van der Waals surface area (Å²) in [4.78, 5) is 52.9. The van der Waals surface area contributed by atoms with E-state index in [4.69, 9.17) is 4.74 Å². The van der Waals surface area contributed by atoms with Crippen LogP contribution in [0.3, 0.4) is 0 Å². The Labute approximate surface area is 218 Å². The minimum Gasteiger partial charge on any atom is -0.468 e. The van der Waals surface area contributed by atoms with E-state index >= 15 is 0 Å². The standard InChI is InChI=1S/C28H37N3O6/c1-18-12-11-13-19(2)23(18)24(25(33)29-17-22(32)36-7)31(6)26(34)21(16-20-14-9-8-10-15-20)30-27(35)37-28(3,4)5/h8-15,21,24H,16-17H2,1-7H3,(H,29,33)(H,30,35). The van der Waals surface area contributed by atoms with E-state index in [9.17, 15) is 19.2 Å². The highest BCUT2D eigenvalue weighted by Crippen LogP contribution is 2.27. The van der Waals surface area contributed by atoms with Crippen molar-refractivity contribution in [3.05, 3.63) is 70.8 Å². The molecule has 0 fully saturated rings. The van der Waals surface area contributed by atoms with E-state index in [1.54, 1.807) is 20.8 Å². The number of benzene rings is 2. The van der Waals surface area contributed by atoms with E-state index in [2.05, 4.69) is 15.4 Å². The number of methoxy groups -OCH3 is 1. The van der Waals surface area contributed by atoms with Gasteiger partial charge in [0.25, 0.3) is 0 Å². The third kappa shape index (κ3) is 8.63. The second-order valence-electron chi connectivity index (χ2n) is 9.84. The molecule has 2 aromatic carbocycles. The van der Waals surface area contributed by atoms with Crippen LogP contribution < -0.4 is 10.6 Å². The van der Waals surface area contributed by atoms with Gasteiger partial charge in [0.1, 0.15) is 24.2 Å². The lowest BCUT2D eigenvalue weighted by molar-refractivity contribution is -0.143. The topological polar surface area (TPSA) is 114 Å². The molecule has 0 radical (unpaired) electrons. The first-order valence-corrected chi connectivity index (χ1v) is 12.0. The number of likely N-dealkylation sites (N-methyl/N-ethyl adjacent to an activating group) is 1. The van der Waals surface area contributed by atoms with E-state index in [1.807, 2.05) is 62.4 Å². The molecule has 3 amide bonds. The Balaban J connectivity index is 2.45. The summed E-state index contributed by atoms with van der Waals surface area (Å²) in [6.07, 6.45) is -0.555. The molecule has 9 nitrogen and oxygen atoms in total. The van der Waals surface area contributed by atoms with Gasteiger partial charge in [-0.1, -0.05) is 48.5 Å². The van der Waals surface area contributed by atoms with Crippen LogP contribution in [-0.2, 0) is 30.3 Å². The third-order valence-corrected chi connectivity index (χ3v) is 5.71. The Bertz CT molecular complexity index is 1090. The summed E-state index contributed by atoms with van der Waals surface area (Å²) >= 11 is 0. The van der Waals surface area contributed by atoms with Crippen LogP contribution in [0.4, 0.5) is 4.79 Å². The van der Waals surface area contributed by atoms with Gasteiger partial charge in [0, 0.05) is 13.5 Å². The van der Waals surface area contributed by atoms with Crippen LogP contribution in [0.5, 0.6) is 0 Å². The number of hydrogen-bond acceptors (Lipinski definition) is 6. The van der Waals surface area contributed by atoms with Gasteiger partial charge in [0.2, 0.25) is 11.8 Å². The molecule has 0 aliphatic rings. The van der Waals surface area contributed by atoms with Crippen LogP contribution in [0, 0.1) is 13.8 Å². The van der Waals surface area contributed by atoms with Crippen LogP contribution in [0.1, 0.15) is 49.1 Å². The summed E-state index contributed by atoms with van der Waals surface area (Å²) in [7, 11) is 2.73. The summed E-state index contributed by atoms with van der Waals surface area (Å²) in [5.74, 6) is -1.65. The number of carbonyl (C=O) groups is 4.